The quantitative estimate of drug-likeness (QED) is 0.0436. The molecule has 0 aliphatic carbocycles. The standard InChI is InChI=1S/C29H39N11O3/c1-32-28(30)36-11-3-9-34-25(41)18-6-8-21-19(13-18)15-24(39-21)27(43)38-20-7-5-17-14-23(40-22(17)16-20)26(42)35-10-4-12-37-29(31)33-2/h5-8,13-16,28,32,36,39-40H,3-4,9-12,30H2,1-2H3,(H,34,41)(H,35,42)(H,38,43)(H3,31,33,37). The number of guanidine groups is 1. The molecule has 228 valence electrons. The molecule has 0 spiro atoms. The van der Waals surface area contributed by atoms with Crippen LogP contribution in [0, 0.1) is 0 Å². The van der Waals surface area contributed by atoms with Crippen molar-refractivity contribution in [1.82, 2.24) is 36.6 Å². The number of carbonyl (C=O) groups is 3. The number of hydrogen-bond donors (Lipinski definition) is 10. The molecule has 3 amide bonds. The van der Waals surface area contributed by atoms with Gasteiger partial charge in [-0.1, -0.05) is 6.07 Å². The Labute approximate surface area is 248 Å². The third kappa shape index (κ3) is 8.54. The maximum Gasteiger partial charge on any atom is 0.272 e. The summed E-state index contributed by atoms with van der Waals surface area (Å²) in [5.41, 5.74) is 14.6. The second kappa shape index (κ2) is 14.8. The van der Waals surface area contributed by atoms with Crippen LogP contribution in [0.25, 0.3) is 21.8 Å². The van der Waals surface area contributed by atoms with Gasteiger partial charge < -0.3 is 42.7 Å². The minimum atomic E-state index is -0.333. The lowest BCUT2D eigenvalue weighted by Crippen LogP contribution is -2.48. The van der Waals surface area contributed by atoms with Gasteiger partial charge in [0.05, 0.1) is 0 Å². The normalized spacial score (nSPS) is 12.3. The van der Waals surface area contributed by atoms with Crippen LogP contribution in [0.4, 0.5) is 5.69 Å². The van der Waals surface area contributed by atoms with E-state index in [9.17, 15) is 14.4 Å². The molecule has 0 radical (unpaired) electrons. The van der Waals surface area contributed by atoms with E-state index in [-0.39, 0.29) is 24.0 Å². The maximum absolute atomic E-state index is 13.0. The Morgan fingerprint density at radius 2 is 1.47 bits per heavy atom. The second-order valence-corrected chi connectivity index (χ2v) is 9.90. The molecular weight excluding hydrogens is 550 g/mol. The summed E-state index contributed by atoms with van der Waals surface area (Å²) < 4.78 is 0. The molecular formula is C29H39N11O3. The lowest BCUT2D eigenvalue weighted by Gasteiger charge is -2.12. The van der Waals surface area contributed by atoms with Crippen LogP contribution in [-0.2, 0) is 0 Å². The molecule has 43 heavy (non-hydrogen) atoms. The summed E-state index contributed by atoms with van der Waals surface area (Å²) >= 11 is 0. The fraction of sp³-hybridized carbons (Fsp3) is 0.310. The van der Waals surface area contributed by atoms with Gasteiger partial charge in [0.2, 0.25) is 0 Å². The van der Waals surface area contributed by atoms with E-state index in [0.717, 1.165) is 22.7 Å². The number of nitrogens with zero attached hydrogens (tertiary/aromatic N) is 1. The van der Waals surface area contributed by atoms with E-state index in [1.54, 1.807) is 56.6 Å². The lowest BCUT2D eigenvalue weighted by atomic mass is 10.1. The number of anilines is 1. The van der Waals surface area contributed by atoms with E-state index in [1.807, 2.05) is 6.07 Å². The van der Waals surface area contributed by atoms with Gasteiger partial charge in [-0.05, 0) is 68.9 Å². The summed E-state index contributed by atoms with van der Waals surface area (Å²) in [5, 5.41) is 19.1. The number of rotatable bonds is 14. The number of nitrogens with two attached hydrogens (primary N) is 2. The molecule has 0 saturated carbocycles. The molecule has 2 aromatic heterocycles. The van der Waals surface area contributed by atoms with Gasteiger partial charge in [-0.2, -0.15) is 0 Å². The third-order valence-corrected chi connectivity index (χ3v) is 6.75. The number of amides is 3. The first-order valence-electron chi connectivity index (χ1n) is 14.0. The molecule has 0 bridgehead atoms. The Balaban J connectivity index is 1.32. The number of aromatic amines is 2. The predicted molar refractivity (Wildman–Crippen MR) is 169 cm³/mol. The van der Waals surface area contributed by atoms with Crippen LogP contribution in [-0.4, -0.2) is 80.2 Å². The average molecular weight is 590 g/mol. The van der Waals surface area contributed by atoms with Crippen LogP contribution in [0.3, 0.4) is 0 Å². The topological polar surface area (TPSA) is 219 Å². The lowest BCUT2D eigenvalue weighted by molar-refractivity contribution is 0.0943. The number of H-pyrrole nitrogens is 2. The monoisotopic (exact) mass is 589 g/mol. The number of aromatic nitrogens is 2. The molecule has 14 nitrogen and oxygen atoms in total. The molecule has 1 unspecified atom stereocenters. The minimum Gasteiger partial charge on any atom is -0.370 e. The van der Waals surface area contributed by atoms with Crippen LogP contribution in [0.15, 0.2) is 53.5 Å². The van der Waals surface area contributed by atoms with E-state index >= 15 is 0 Å². The fourth-order valence-corrected chi connectivity index (χ4v) is 4.35. The van der Waals surface area contributed by atoms with Crippen molar-refractivity contribution in [3.05, 3.63) is 65.5 Å². The van der Waals surface area contributed by atoms with Gasteiger partial charge in [0.1, 0.15) is 17.7 Å². The van der Waals surface area contributed by atoms with Crippen molar-refractivity contribution in [3.63, 3.8) is 0 Å². The van der Waals surface area contributed by atoms with Crippen molar-refractivity contribution in [2.45, 2.75) is 19.1 Å². The summed E-state index contributed by atoms with van der Waals surface area (Å²) in [5.74, 6) is -0.393. The zero-order valence-corrected chi connectivity index (χ0v) is 24.3. The van der Waals surface area contributed by atoms with Gasteiger partial charge in [-0.25, -0.2) is 0 Å². The number of aliphatic imine (C=N–C) groups is 1. The minimum absolute atomic E-state index is 0.191. The fourth-order valence-electron chi connectivity index (χ4n) is 4.35. The van der Waals surface area contributed by atoms with Crippen molar-refractivity contribution in [3.8, 4) is 0 Å². The van der Waals surface area contributed by atoms with Gasteiger partial charge in [0.15, 0.2) is 5.96 Å². The Morgan fingerprint density at radius 1 is 0.791 bits per heavy atom. The summed E-state index contributed by atoms with van der Waals surface area (Å²) in [7, 11) is 3.36. The highest BCUT2D eigenvalue weighted by Crippen LogP contribution is 2.22. The molecule has 2 heterocycles. The average Bonchev–Trinajstić information content (AvgIpc) is 3.64. The van der Waals surface area contributed by atoms with E-state index in [1.165, 1.54) is 0 Å². The second-order valence-electron chi connectivity index (χ2n) is 9.90. The molecule has 0 fully saturated rings. The van der Waals surface area contributed by atoms with Gasteiger partial charge in [0.25, 0.3) is 17.7 Å². The third-order valence-electron chi connectivity index (χ3n) is 6.75. The first-order valence-corrected chi connectivity index (χ1v) is 14.0. The SMILES string of the molecule is CN=C(N)NCCCNC(=O)c1cc2ccc(NC(=O)c3cc4cc(C(=O)NCCCNC(N)NC)ccc4[nH]3)cc2[nH]1. The van der Waals surface area contributed by atoms with E-state index in [0.29, 0.717) is 66.7 Å². The molecule has 14 heteroatoms. The van der Waals surface area contributed by atoms with E-state index in [2.05, 4.69) is 46.9 Å². The van der Waals surface area contributed by atoms with Crippen LogP contribution in [0.5, 0.6) is 0 Å². The molecule has 4 aromatic rings. The number of hydrogen-bond acceptors (Lipinski definition) is 7. The summed E-state index contributed by atoms with van der Waals surface area (Å²) in [4.78, 5) is 48.2. The molecule has 12 N–H and O–H groups in total. The zero-order chi connectivity index (χ0) is 30.8. The molecule has 1 atom stereocenters. The molecule has 2 aromatic carbocycles. The Bertz CT molecular complexity index is 1610. The smallest absolute Gasteiger partial charge is 0.272 e. The van der Waals surface area contributed by atoms with Crippen LogP contribution >= 0.6 is 0 Å². The number of nitrogens with one attached hydrogen (secondary N) is 8. The van der Waals surface area contributed by atoms with Gasteiger partial charge in [-0.3, -0.25) is 30.0 Å². The Hall–Kier alpha value is -4.92. The number of benzene rings is 2. The first kappa shape index (κ1) is 31.0. The van der Waals surface area contributed by atoms with Crippen molar-refractivity contribution >= 4 is 51.2 Å². The molecule has 0 aliphatic rings. The highest BCUT2D eigenvalue weighted by atomic mass is 16.2. The van der Waals surface area contributed by atoms with Crippen molar-refractivity contribution in [1.29, 1.82) is 0 Å². The van der Waals surface area contributed by atoms with Crippen molar-refractivity contribution < 1.29 is 14.4 Å². The first-order chi connectivity index (χ1) is 20.8. The van der Waals surface area contributed by atoms with Gasteiger partial charge in [-0.15, -0.1) is 0 Å². The Morgan fingerprint density at radius 3 is 2.23 bits per heavy atom. The van der Waals surface area contributed by atoms with Crippen LogP contribution < -0.4 is 43.4 Å². The van der Waals surface area contributed by atoms with Crippen LogP contribution in [0.2, 0.25) is 0 Å². The molecule has 0 aliphatic heterocycles. The van der Waals surface area contributed by atoms with Crippen molar-refractivity contribution in [2.24, 2.45) is 16.5 Å². The number of carbonyl (C=O) groups excluding carboxylic acids is 3. The zero-order valence-electron chi connectivity index (χ0n) is 24.3. The Kier molecular flexibility index (Phi) is 10.7. The van der Waals surface area contributed by atoms with E-state index < -0.39 is 0 Å². The maximum atomic E-state index is 13.0. The number of fused-ring (bicyclic) bond motifs is 2. The van der Waals surface area contributed by atoms with Crippen LogP contribution in [0.1, 0.15) is 44.2 Å². The van der Waals surface area contributed by atoms with Gasteiger partial charge in [0, 0.05) is 59.7 Å². The van der Waals surface area contributed by atoms with Crippen molar-refractivity contribution in [2.75, 3.05) is 45.6 Å². The predicted octanol–water partition coefficient (Wildman–Crippen LogP) is 0.727. The van der Waals surface area contributed by atoms with Gasteiger partial charge >= 0.3 is 0 Å². The van der Waals surface area contributed by atoms with E-state index in [4.69, 9.17) is 11.5 Å². The summed E-state index contributed by atoms with van der Waals surface area (Å²) in [6.07, 6.45) is 1.13. The summed E-state index contributed by atoms with van der Waals surface area (Å²) in [6, 6.07) is 14.1. The summed E-state index contributed by atoms with van der Waals surface area (Å²) in [6.45, 7) is 2.23. The highest BCUT2D eigenvalue weighted by Gasteiger charge is 2.14. The molecule has 4 rings (SSSR count). The molecule has 0 saturated heterocycles. The highest BCUT2D eigenvalue weighted by molar-refractivity contribution is 6.08. The largest absolute Gasteiger partial charge is 0.370 e.